The number of hydrogen-bond acceptors (Lipinski definition) is 4. The Morgan fingerprint density at radius 3 is 2.42 bits per heavy atom. The zero-order chi connectivity index (χ0) is 23.1. The number of benzene rings is 2. The van der Waals surface area contributed by atoms with E-state index >= 15 is 0 Å². The summed E-state index contributed by atoms with van der Waals surface area (Å²) >= 11 is 0. The number of hydrogen-bond donors (Lipinski definition) is 3. The van der Waals surface area contributed by atoms with E-state index in [9.17, 15) is 4.79 Å². The number of carbonyl (C=O) groups is 1. The molecule has 0 fully saturated rings. The molecule has 0 spiro atoms. The summed E-state index contributed by atoms with van der Waals surface area (Å²) in [5.74, 6) is 1.67. The third-order valence-corrected chi connectivity index (χ3v) is 4.82. The summed E-state index contributed by atoms with van der Waals surface area (Å²) in [6, 6.07) is 15.8. The summed E-state index contributed by atoms with van der Waals surface area (Å²) in [6.07, 6.45) is 0.363. The number of rotatable bonds is 6. The normalized spacial score (nSPS) is 11.6. The number of halogens is 1. The molecule has 0 atom stereocenters. The Bertz CT molecular complexity index is 1090. The number of para-hydroxylation sites is 2. The summed E-state index contributed by atoms with van der Waals surface area (Å²) in [5, 5.41) is 9.38. The smallest absolute Gasteiger partial charge is 0.412 e. The van der Waals surface area contributed by atoms with Gasteiger partial charge in [-0.05, 0) is 57.0 Å². The molecule has 0 saturated carbocycles. The second-order valence-corrected chi connectivity index (χ2v) is 8.50. The van der Waals surface area contributed by atoms with Gasteiger partial charge < -0.3 is 19.9 Å². The third-order valence-electron chi connectivity index (χ3n) is 4.82. The molecular formula is C24H33IN6O2. The van der Waals surface area contributed by atoms with Crippen LogP contribution >= 0.6 is 24.0 Å². The van der Waals surface area contributed by atoms with E-state index in [1.54, 1.807) is 7.05 Å². The summed E-state index contributed by atoms with van der Waals surface area (Å²) < 4.78 is 7.35. The number of amides is 1. The first-order chi connectivity index (χ1) is 15.2. The molecule has 1 aromatic heterocycles. The van der Waals surface area contributed by atoms with Gasteiger partial charge in [-0.2, -0.15) is 0 Å². The number of nitrogens with zero attached hydrogens (tertiary/aromatic N) is 3. The highest BCUT2D eigenvalue weighted by molar-refractivity contribution is 14.0. The Labute approximate surface area is 212 Å². The molecular weight excluding hydrogens is 531 g/mol. The van der Waals surface area contributed by atoms with Gasteiger partial charge >= 0.3 is 6.09 Å². The molecule has 3 N–H and O–H groups in total. The van der Waals surface area contributed by atoms with E-state index in [-0.39, 0.29) is 24.0 Å². The molecule has 1 heterocycles. The number of aryl methyl sites for hydroxylation is 1. The molecule has 0 bridgehead atoms. The van der Waals surface area contributed by atoms with E-state index in [1.807, 2.05) is 70.3 Å². The number of anilines is 1. The van der Waals surface area contributed by atoms with Crippen molar-refractivity contribution in [1.29, 1.82) is 0 Å². The fourth-order valence-corrected chi connectivity index (χ4v) is 3.24. The predicted molar refractivity (Wildman–Crippen MR) is 144 cm³/mol. The molecule has 178 valence electrons. The monoisotopic (exact) mass is 564 g/mol. The summed E-state index contributed by atoms with van der Waals surface area (Å²) in [4.78, 5) is 20.8. The Morgan fingerprint density at radius 2 is 1.79 bits per heavy atom. The van der Waals surface area contributed by atoms with Gasteiger partial charge in [-0.3, -0.25) is 10.3 Å². The molecule has 33 heavy (non-hydrogen) atoms. The lowest BCUT2D eigenvalue weighted by Crippen LogP contribution is -2.38. The second kappa shape index (κ2) is 11.9. The maximum atomic E-state index is 11.9. The highest BCUT2D eigenvalue weighted by Crippen LogP contribution is 2.14. The Hall–Kier alpha value is -2.82. The van der Waals surface area contributed by atoms with Crippen molar-refractivity contribution < 1.29 is 9.53 Å². The lowest BCUT2D eigenvalue weighted by atomic mass is 10.1. The van der Waals surface area contributed by atoms with Gasteiger partial charge in [-0.15, -0.1) is 24.0 Å². The quantitative estimate of drug-likeness (QED) is 0.234. The van der Waals surface area contributed by atoms with Gasteiger partial charge in [-0.25, -0.2) is 9.78 Å². The number of imidazole rings is 1. The maximum absolute atomic E-state index is 11.9. The highest BCUT2D eigenvalue weighted by Gasteiger charge is 2.16. The molecule has 0 saturated heterocycles. The Morgan fingerprint density at radius 1 is 1.09 bits per heavy atom. The Kier molecular flexibility index (Phi) is 9.51. The van der Waals surface area contributed by atoms with Crippen LogP contribution in [0.2, 0.25) is 0 Å². The van der Waals surface area contributed by atoms with E-state index in [4.69, 9.17) is 4.74 Å². The lowest BCUT2D eigenvalue weighted by Gasteiger charge is -2.19. The van der Waals surface area contributed by atoms with E-state index in [0.717, 1.165) is 41.3 Å². The average Bonchev–Trinajstić information content (AvgIpc) is 3.06. The molecule has 0 radical (unpaired) electrons. The SMILES string of the molecule is CN=C(NCCc1ccc(NC(=O)OC(C)(C)C)cc1)NCc1nc2ccccc2n1C.I. The zero-order valence-corrected chi connectivity index (χ0v) is 22.1. The molecule has 0 aliphatic rings. The van der Waals surface area contributed by atoms with Crippen LogP contribution in [0, 0.1) is 0 Å². The number of aliphatic imine (C=N–C) groups is 1. The minimum Gasteiger partial charge on any atom is -0.444 e. The van der Waals surface area contributed by atoms with Crippen molar-refractivity contribution >= 4 is 52.8 Å². The van der Waals surface area contributed by atoms with Crippen LogP contribution in [0.4, 0.5) is 10.5 Å². The number of ether oxygens (including phenoxy) is 1. The van der Waals surface area contributed by atoms with E-state index in [1.165, 1.54) is 0 Å². The first kappa shape index (κ1) is 26.4. The molecule has 3 rings (SSSR count). The van der Waals surface area contributed by atoms with Crippen molar-refractivity contribution in [2.75, 3.05) is 18.9 Å². The number of carbonyl (C=O) groups excluding carboxylic acids is 1. The van der Waals surface area contributed by atoms with Crippen molar-refractivity contribution in [2.24, 2.45) is 12.0 Å². The number of nitrogens with one attached hydrogen (secondary N) is 3. The van der Waals surface area contributed by atoms with Gasteiger partial charge in [0.2, 0.25) is 0 Å². The van der Waals surface area contributed by atoms with Crippen molar-refractivity contribution in [3.63, 3.8) is 0 Å². The van der Waals surface area contributed by atoms with Crippen LogP contribution in [0.25, 0.3) is 11.0 Å². The van der Waals surface area contributed by atoms with Gasteiger partial charge in [0.1, 0.15) is 11.4 Å². The van der Waals surface area contributed by atoms with Gasteiger partial charge in [-0.1, -0.05) is 24.3 Å². The van der Waals surface area contributed by atoms with Crippen LogP contribution in [-0.4, -0.2) is 40.8 Å². The third kappa shape index (κ3) is 7.92. The molecule has 1 amide bonds. The van der Waals surface area contributed by atoms with E-state index < -0.39 is 11.7 Å². The van der Waals surface area contributed by atoms with Crippen LogP contribution < -0.4 is 16.0 Å². The molecule has 0 aliphatic carbocycles. The molecule has 0 unspecified atom stereocenters. The number of guanidine groups is 1. The fourth-order valence-electron chi connectivity index (χ4n) is 3.24. The summed E-state index contributed by atoms with van der Waals surface area (Å²) in [6.45, 7) is 6.81. The van der Waals surface area contributed by atoms with Crippen LogP contribution in [0.3, 0.4) is 0 Å². The van der Waals surface area contributed by atoms with Crippen molar-refractivity contribution in [1.82, 2.24) is 20.2 Å². The predicted octanol–water partition coefficient (Wildman–Crippen LogP) is 4.45. The zero-order valence-electron chi connectivity index (χ0n) is 19.8. The van der Waals surface area contributed by atoms with Crippen LogP contribution in [0.15, 0.2) is 53.5 Å². The van der Waals surface area contributed by atoms with Gasteiger partial charge in [0.25, 0.3) is 0 Å². The van der Waals surface area contributed by atoms with E-state index in [2.05, 4.69) is 36.6 Å². The molecule has 2 aromatic carbocycles. The minimum absolute atomic E-state index is 0. The van der Waals surface area contributed by atoms with Crippen LogP contribution in [0.5, 0.6) is 0 Å². The number of fused-ring (bicyclic) bond motifs is 1. The first-order valence-corrected chi connectivity index (χ1v) is 10.7. The molecule has 8 nitrogen and oxygen atoms in total. The molecule has 0 aliphatic heterocycles. The topological polar surface area (TPSA) is 92.6 Å². The van der Waals surface area contributed by atoms with Crippen molar-refractivity contribution in [3.05, 3.63) is 59.9 Å². The lowest BCUT2D eigenvalue weighted by molar-refractivity contribution is 0.0636. The highest BCUT2D eigenvalue weighted by atomic mass is 127. The Balaban J connectivity index is 0.00000385. The molecule has 3 aromatic rings. The largest absolute Gasteiger partial charge is 0.444 e. The van der Waals surface area contributed by atoms with Crippen LogP contribution in [0.1, 0.15) is 32.2 Å². The van der Waals surface area contributed by atoms with Crippen LogP contribution in [-0.2, 0) is 24.8 Å². The summed E-state index contributed by atoms with van der Waals surface area (Å²) in [5.41, 5.74) is 3.43. The second-order valence-electron chi connectivity index (χ2n) is 8.50. The van der Waals surface area contributed by atoms with Crippen molar-refractivity contribution in [3.8, 4) is 0 Å². The number of aromatic nitrogens is 2. The van der Waals surface area contributed by atoms with Gasteiger partial charge in [0.15, 0.2) is 5.96 Å². The van der Waals surface area contributed by atoms with Crippen molar-refractivity contribution in [2.45, 2.75) is 39.3 Å². The summed E-state index contributed by atoms with van der Waals surface area (Å²) in [7, 11) is 3.77. The van der Waals surface area contributed by atoms with E-state index in [0.29, 0.717) is 12.2 Å². The maximum Gasteiger partial charge on any atom is 0.412 e. The molecule has 9 heteroatoms. The fraction of sp³-hybridized carbons (Fsp3) is 0.375. The van der Waals surface area contributed by atoms with Gasteiger partial charge in [0.05, 0.1) is 17.6 Å². The van der Waals surface area contributed by atoms with Gasteiger partial charge in [0, 0.05) is 26.3 Å². The standard InChI is InChI=1S/C24H32N6O2.HI/c1-24(2,3)32-23(31)28-18-12-10-17(11-13-18)14-15-26-22(25-4)27-16-21-29-19-8-6-7-9-20(19)30(21)5;/h6-13H,14-16H2,1-5H3,(H,28,31)(H2,25,26,27);1H. The minimum atomic E-state index is -0.522. The average molecular weight is 564 g/mol. The first-order valence-electron chi connectivity index (χ1n) is 10.7.